The van der Waals surface area contributed by atoms with Crippen molar-refractivity contribution in [3.05, 3.63) is 84.0 Å². The lowest BCUT2D eigenvalue weighted by Crippen LogP contribution is -2.56. The fourth-order valence-corrected chi connectivity index (χ4v) is 7.07. The number of Topliss-reactive ketones (excluding diaryl/α,β-unsaturated/α-hetero) is 2. The summed E-state index contributed by atoms with van der Waals surface area (Å²) in [6.45, 7) is 12.4. The molecular weight excluding hydrogens is 782 g/mol. The molecule has 2 aromatic rings. The number of benzene rings is 2. The van der Waals surface area contributed by atoms with Crippen LogP contribution in [0.15, 0.2) is 72.8 Å². The number of halogens is 3. The predicted octanol–water partition coefficient (Wildman–Crippen LogP) is 7.24. The second-order valence-electron chi connectivity index (χ2n) is 16.2. The number of para-hydroxylation sites is 2. The van der Waals surface area contributed by atoms with E-state index in [9.17, 15) is 37.1 Å². The zero-order valence-electron chi connectivity index (χ0n) is 35.0. The van der Waals surface area contributed by atoms with Crippen molar-refractivity contribution in [1.29, 1.82) is 0 Å². The molecule has 326 valence electrons. The van der Waals surface area contributed by atoms with E-state index in [4.69, 9.17) is 14.6 Å². The lowest BCUT2D eigenvalue weighted by Gasteiger charge is -2.40. The average Bonchev–Trinajstić information content (AvgIpc) is 3.78. The molecule has 0 radical (unpaired) electrons. The number of allylic oxidation sites excluding steroid dienone is 2. The second-order valence-corrected chi connectivity index (χ2v) is 16.2. The van der Waals surface area contributed by atoms with E-state index >= 15 is 0 Å². The van der Waals surface area contributed by atoms with Crippen LogP contribution in [-0.2, 0) is 41.6 Å². The summed E-state index contributed by atoms with van der Waals surface area (Å²) in [5.74, 6) is -2.37. The highest BCUT2D eigenvalue weighted by atomic mass is 19.4. The molecule has 0 aliphatic carbocycles. The van der Waals surface area contributed by atoms with Gasteiger partial charge in [-0.1, -0.05) is 62.4 Å². The number of ether oxygens (including phenoxy) is 1. The molecule has 0 aromatic heterocycles. The molecule has 60 heavy (non-hydrogen) atoms. The molecule has 4 atom stereocenters. The molecule has 0 unspecified atom stereocenters. The molecule has 12 nitrogen and oxygen atoms in total. The molecule has 0 spiro atoms. The minimum atomic E-state index is -5.08. The van der Waals surface area contributed by atoms with Gasteiger partial charge in [-0.05, 0) is 113 Å². The van der Waals surface area contributed by atoms with Gasteiger partial charge in [0.2, 0.25) is 0 Å². The third-order valence-corrected chi connectivity index (χ3v) is 10.8. The largest absolute Gasteiger partial charge is 0.490 e. The first kappa shape index (κ1) is 47.4. The van der Waals surface area contributed by atoms with Crippen LogP contribution in [-0.4, -0.2) is 95.5 Å². The number of anilines is 2. The van der Waals surface area contributed by atoms with Crippen LogP contribution in [0.2, 0.25) is 0 Å². The number of aliphatic carboxylic acids is 1. The maximum Gasteiger partial charge on any atom is 0.490 e. The maximum atomic E-state index is 12.8. The van der Waals surface area contributed by atoms with Gasteiger partial charge in [-0.25, -0.2) is 9.59 Å². The van der Waals surface area contributed by atoms with Gasteiger partial charge in [-0.2, -0.15) is 13.2 Å². The van der Waals surface area contributed by atoms with E-state index in [-0.39, 0.29) is 41.3 Å². The quantitative estimate of drug-likeness (QED) is 0.211. The van der Waals surface area contributed by atoms with Crippen LogP contribution in [0.4, 0.5) is 29.3 Å². The monoisotopic (exact) mass is 838 g/mol. The van der Waals surface area contributed by atoms with Gasteiger partial charge < -0.3 is 25.0 Å². The van der Waals surface area contributed by atoms with E-state index in [1.807, 2.05) is 81.1 Å². The highest BCUT2D eigenvalue weighted by Crippen LogP contribution is 2.30. The van der Waals surface area contributed by atoms with Gasteiger partial charge in [0.1, 0.15) is 11.4 Å². The standard InChI is InChI=1S/C24H32N2O4.C19H24N2O2.C2HF3O2/c1-5-17(10-11-22(28)25-14-12-18-8-6-7-9-19(18)25)16-21(27)20-13-15-26(20)23(29)30-24(2,3)4;1-2-14(13-18(22)16-9-11-20-16)7-8-19(23)21-12-10-15-5-3-4-6-17(15)21;3-2(4,5)1(6)7/h6-11,17,20H,5,12-16H2,1-4H3;3-8,14,16,20H,2,9-13H2,1H3;(H,6,7)/b11-10+;8-7+;/t17-,20-;14-,16-;/m00./s1. The smallest absolute Gasteiger partial charge is 0.475 e. The molecule has 0 saturated carbocycles. The predicted molar refractivity (Wildman–Crippen MR) is 222 cm³/mol. The number of nitrogens with zero attached hydrogens (tertiary/aromatic N) is 3. The molecule has 0 bridgehead atoms. The van der Waals surface area contributed by atoms with Gasteiger partial charge in [0.15, 0.2) is 5.78 Å². The Morgan fingerprint density at radius 1 is 0.767 bits per heavy atom. The number of amides is 3. The summed E-state index contributed by atoms with van der Waals surface area (Å²) in [7, 11) is 0. The Balaban J connectivity index is 0.000000234. The lowest BCUT2D eigenvalue weighted by atomic mass is 9.90. The highest BCUT2D eigenvalue weighted by Gasteiger charge is 2.40. The second kappa shape index (κ2) is 21.3. The highest BCUT2D eigenvalue weighted by molar-refractivity contribution is 6.03. The minimum absolute atomic E-state index is 0.0163. The van der Waals surface area contributed by atoms with Gasteiger partial charge in [-0.3, -0.25) is 24.1 Å². The van der Waals surface area contributed by atoms with Crippen LogP contribution in [0.5, 0.6) is 0 Å². The van der Waals surface area contributed by atoms with E-state index in [1.165, 1.54) is 16.0 Å². The van der Waals surface area contributed by atoms with Crippen LogP contribution in [0, 0.1) is 11.8 Å². The number of carbonyl (C=O) groups is 6. The SMILES string of the molecule is CC[C@@H](/C=C/C(=O)N1CCc2ccccc21)CC(=O)[C@@H]1CCN1.CC[C@@H](/C=C/C(=O)N1CCc2ccccc21)CC(=O)[C@@H]1CCN1C(=O)OC(C)(C)C.O=C(O)C(F)(F)F. The number of rotatable bonds is 12. The van der Waals surface area contributed by atoms with Crippen molar-refractivity contribution in [2.24, 2.45) is 11.8 Å². The molecule has 2 fully saturated rings. The van der Waals surface area contributed by atoms with E-state index in [2.05, 4.69) is 24.4 Å². The molecule has 15 heteroatoms. The summed E-state index contributed by atoms with van der Waals surface area (Å²) in [6.07, 6.45) is 7.36. The van der Waals surface area contributed by atoms with E-state index in [0.29, 0.717) is 32.4 Å². The van der Waals surface area contributed by atoms with Crippen molar-refractivity contribution in [2.45, 2.75) is 110 Å². The van der Waals surface area contributed by atoms with Gasteiger partial charge in [0.05, 0.1) is 12.1 Å². The van der Waals surface area contributed by atoms with Gasteiger partial charge in [0.25, 0.3) is 11.8 Å². The van der Waals surface area contributed by atoms with Gasteiger partial charge in [-0.15, -0.1) is 0 Å². The topological polar surface area (TPSA) is 154 Å². The average molecular weight is 839 g/mol. The van der Waals surface area contributed by atoms with Crippen LogP contribution in [0.3, 0.4) is 0 Å². The summed E-state index contributed by atoms with van der Waals surface area (Å²) in [4.78, 5) is 76.2. The Morgan fingerprint density at radius 3 is 1.58 bits per heavy atom. The van der Waals surface area contributed by atoms with Crippen molar-refractivity contribution in [3.8, 4) is 0 Å². The van der Waals surface area contributed by atoms with Crippen LogP contribution in [0.1, 0.15) is 84.3 Å². The third kappa shape index (κ3) is 13.4. The Hall–Kier alpha value is -5.31. The molecule has 2 N–H and O–H groups in total. The normalized spacial score (nSPS) is 19.1. The third-order valence-electron chi connectivity index (χ3n) is 10.8. The summed E-state index contributed by atoms with van der Waals surface area (Å²) in [6, 6.07) is 15.6. The van der Waals surface area contributed by atoms with Crippen LogP contribution < -0.4 is 15.1 Å². The fraction of sp³-hybridized carbons (Fsp3) is 0.511. The molecular formula is C45H57F3N4O8. The zero-order valence-corrected chi connectivity index (χ0v) is 35.0. The number of ketones is 2. The Kier molecular flexibility index (Phi) is 16.8. The first-order valence-electron chi connectivity index (χ1n) is 20.6. The molecule has 4 aliphatic heterocycles. The van der Waals surface area contributed by atoms with Crippen molar-refractivity contribution in [1.82, 2.24) is 10.2 Å². The van der Waals surface area contributed by atoms with E-state index in [1.54, 1.807) is 17.1 Å². The number of likely N-dealkylation sites (tertiary alicyclic amines) is 1. The Bertz CT molecular complexity index is 1920. The first-order chi connectivity index (χ1) is 28.3. The molecule has 6 rings (SSSR count). The number of carboxylic acid groups (broad SMARTS) is 1. The number of fused-ring (bicyclic) bond motifs is 2. The molecule has 2 aromatic carbocycles. The summed E-state index contributed by atoms with van der Waals surface area (Å²) < 4.78 is 37.1. The molecule has 3 amide bonds. The summed E-state index contributed by atoms with van der Waals surface area (Å²) >= 11 is 0. The molecule has 2 saturated heterocycles. The van der Waals surface area contributed by atoms with Crippen molar-refractivity contribution in [2.75, 3.05) is 36.0 Å². The van der Waals surface area contributed by atoms with Crippen molar-refractivity contribution in [3.63, 3.8) is 0 Å². The number of carboxylic acids is 1. The van der Waals surface area contributed by atoms with Gasteiger partial charge >= 0.3 is 18.2 Å². The molecule has 4 aliphatic rings. The zero-order chi connectivity index (χ0) is 44.2. The molecule has 4 heterocycles. The van der Waals surface area contributed by atoms with Crippen molar-refractivity contribution < 1.29 is 51.8 Å². The van der Waals surface area contributed by atoms with E-state index < -0.39 is 29.9 Å². The van der Waals surface area contributed by atoms with Crippen LogP contribution in [0.25, 0.3) is 0 Å². The van der Waals surface area contributed by atoms with Gasteiger partial charge in [0, 0.05) is 43.9 Å². The summed E-state index contributed by atoms with van der Waals surface area (Å²) in [5.41, 5.74) is 3.83. The number of hydrogen-bond acceptors (Lipinski definition) is 8. The Morgan fingerprint density at radius 2 is 1.22 bits per heavy atom. The number of carbonyl (C=O) groups excluding carboxylic acids is 5. The number of nitrogens with one attached hydrogen (secondary N) is 1. The lowest BCUT2D eigenvalue weighted by molar-refractivity contribution is -0.192. The number of hydrogen-bond donors (Lipinski definition) is 2. The fourth-order valence-electron chi connectivity index (χ4n) is 7.07. The first-order valence-corrected chi connectivity index (χ1v) is 20.6. The summed E-state index contributed by atoms with van der Waals surface area (Å²) in [5, 5.41) is 10.3. The Labute approximate surface area is 349 Å². The maximum absolute atomic E-state index is 12.8. The van der Waals surface area contributed by atoms with Crippen molar-refractivity contribution >= 4 is 46.8 Å². The van der Waals surface area contributed by atoms with E-state index in [0.717, 1.165) is 56.6 Å². The van der Waals surface area contributed by atoms with Crippen LogP contribution >= 0.6 is 0 Å². The number of alkyl halides is 3. The minimum Gasteiger partial charge on any atom is -0.475 e.